The molecule has 0 unspecified atom stereocenters. The van der Waals surface area contributed by atoms with Gasteiger partial charge in [0.05, 0.1) is 5.56 Å². The van der Waals surface area contributed by atoms with Crippen LogP contribution >= 0.6 is 0 Å². The van der Waals surface area contributed by atoms with E-state index in [1.54, 1.807) is 12.1 Å². The lowest BCUT2D eigenvalue weighted by atomic mass is 9.91. The summed E-state index contributed by atoms with van der Waals surface area (Å²) in [5, 5.41) is 11.7. The molecule has 0 aliphatic heterocycles. The highest BCUT2D eigenvalue weighted by molar-refractivity contribution is 6.01. The van der Waals surface area contributed by atoms with E-state index in [1.165, 1.54) is 10.9 Å². The molecule has 2 nitrogen and oxygen atoms in total. The first-order chi connectivity index (χ1) is 10.1. The Morgan fingerprint density at radius 2 is 1.52 bits per heavy atom. The summed E-state index contributed by atoms with van der Waals surface area (Å²) in [5.74, 6) is -0.884. The Kier molecular flexibility index (Phi) is 3.22. The van der Waals surface area contributed by atoms with E-state index >= 15 is 0 Å². The second-order valence-electron chi connectivity index (χ2n) is 5.26. The van der Waals surface area contributed by atoms with Gasteiger partial charge in [-0.1, -0.05) is 48.5 Å². The van der Waals surface area contributed by atoms with Crippen LogP contribution in [-0.4, -0.2) is 11.1 Å². The average Bonchev–Trinajstić information content (AvgIpc) is 2.48. The van der Waals surface area contributed by atoms with Crippen molar-refractivity contribution in [3.05, 3.63) is 71.3 Å². The Hall–Kier alpha value is -2.61. The van der Waals surface area contributed by atoms with E-state index in [0.717, 1.165) is 22.1 Å². The maximum Gasteiger partial charge on any atom is 0.335 e. The molecular weight excluding hydrogens is 260 g/mol. The molecule has 0 spiro atoms. The number of hydrogen-bond acceptors (Lipinski definition) is 1. The van der Waals surface area contributed by atoms with Gasteiger partial charge in [0.1, 0.15) is 0 Å². The number of rotatable bonds is 2. The normalized spacial score (nSPS) is 10.8. The third-order valence-corrected chi connectivity index (χ3v) is 4.00. The minimum Gasteiger partial charge on any atom is -0.478 e. The van der Waals surface area contributed by atoms with Crippen LogP contribution in [0.2, 0.25) is 0 Å². The second kappa shape index (κ2) is 5.06. The van der Waals surface area contributed by atoms with Gasteiger partial charge in [0, 0.05) is 0 Å². The van der Waals surface area contributed by atoms with Gasteiger partial charge in [-0.3, -0.25) is 0 Å². The zero-order valence-electron chi connectivity index (χ0n) is 12.1. The summed E-state index contributed by atoms with van der Waals surface area (Å²) in [6.45, 7) is 3.96. The number of aryl methyl sites for hydroxylation is 1. The molecule has 1 N–H and O–H groups in total. The summed E-state index contributed by atoms with van der Waals surface area (Å²) >= 11 is 0. The quantitative estimate of drug-likeness (QED) is 0.728. The molecule has 0 heterocycles. The second-order valence-corrected chi connectivity index (χ2v) is 5.26. The molecule has 21 heavy (non-hydrogen) atoms. The van der Waals surface area contributed by atoms with Gasteiger partial charge in [0.25, 0.3) is 0 Å². The number of fused-ring (bicyclic) bond motifs is 1. The summed E-state index contributed by atoms with van der Waals surface area (Å²) in [5.41, 5.74) is 4.44. The highest BCUT2D eigenvalue weighted by atomic mass is 16.4. The molecule has 0 amide bonds. The van der Waals surface area contributed by atoms with Crippen LogP contribution in [0.5, 0.6) is 0 Å². The number of aromatic carboxylic acids is 1. The minimum atomic E-state index is -0.884. The van der Waals surface area contributed by atoms with Crippen LogP contribution in [0.25, 0.3) is 21.9 Å². The van der Waals surface area contributed by atoms with Crippen molar-refractivity contribution in [2.45, 2.75) is 13.8 Å². The molecule has 0 radical (unpaired) electrons. The largest absolute Gasteiger partial charge is 0.478 e. The van der Waals surface area contributed by atoms with E-state index in [2.05, 4.69) is 31.2 Å². The van der Waals surface area contributed by atoms with Crippen molar-refractivity contribution in [3.8, 4) is 11.1 Å². The van der Waals surface area contributed by atoms with E-state index in [4.69, 9.17) is 0 Å². The molecule has 0 aliphatic carbocycles. The Balaban J connectivity index is 2.34. The van der Waals surface area contributed by atoms with Crippen LogP contribution in [0, 0.1) is 13.8 Å². The van der Waals surface area contributed by atoms with E-state index in [1.807, 2.05) is 25.1 Å². The lowest BCUT2D eigenvalue weighted by Crippen LogP contribution is -2.01. The monoisotopic (exact) mass is 276 g/mol. The van der Waals surface area contributed by atoms with Crippen molar-refractivity contribution in [2.75, 3.05) is 0 Å². The van der Waals surface area contributed by atoms with Gasteiger partial charge in [-0.05, 0) is 52.9 Å². The molecule has 0 bridgehead atoms. The van der Waals surface area contributed by atoms with Crippen LogP contribution in [0.3, 0.4) is 0 Å². The van der Waals surface area contributed by atoms with Crippen molar-refractivity contribution in [2.24, 2.45) is 0 Å². The molecule has 3 aromatic rings. The van der Waals surface area contributed by atoms with Crippen LogP contribution in [-0.2, 0) is 0 Å². The fourth-order valence-corrected chi connectivity index (χ4v) is 2.84. The van der Waals surface area contributed by atoms with Gasteiger partial charge < -0.3 is 5.11 Å². The van der Waals surface area contributed by atoms with Gasteiger partial charge in [-0.25, -0.2) is 4.79 Å². The minimum absolute atomic E-state index is 0.358. The maximum atomic E-state index is 11.3. The predicted molar refractivity (Wildman–Crippen MR) is 85.8 cm³/mol. The Morgan fingerprint density at radius 1 is 0.810 bits per heavy atom. The lowest BCUT2D eigenvalue weighted by molar-refractivity contribution is 0.0696. The summed E-state index contributed by atoms with van der Waals surface area (Å²) < 4.78 is 0. The van der Waals surface area contributed by atoms with Gasteiger partial charge in [-0.15, -0.1) is 0 Å². The number of carbonyl (C=O) groups is 1. The lowest BCUT2D eigenvalue weighted by Gasteiger charge is -2.13. The maximum absolute atomic E-state index is 11.3. The van der Waals surface area contributed by atoms with E-state index in [9.17, 15) is 9.90 Å². The number of carboxylic acid groups (broad SMARTS) is 1. The number of hydrogen-bond donors (Lipinski definition) is 1. The number of benzene rings is 3. The first-order valence-corrected chi connectivity index (χ1v) is 6.91. The van der Waals surface area contributed by atoms with Crippen molar-refractivity contribution in [1.29, 1.82) is 0 Å². The third kappa shape index (κ3) is 2.19. The van der Waals surface area contributed by atoms with Crippen molar-refractivity contribution >= 4 is 16.7 Å². The molecule has 3 aromatic carbocycles. The molecule has 3 rings (SSSR count). The Bertz CT molecular complexity index is 847. The molecule has 0 atom stereocenters. The zero-order chi connectivity index (χ0) is 15.0. The van der Waals surface area contributed by atoms with Crippen molar-refractivity contribution in [1.82, 2.24) is 0 Å². The summed E-state index contributed by atoms with van der Waals surface area (Å²) in [4.78, 5) is 11.3. The molecule has 0 fully saturated rings. The summed E-state index contributed by atoms with van der Waals surface area (Å²) in [7, 11) is 0. The predicted octanol–water partition coefficient (Wildman–Crippen LogP) is 4.82. The van der Waals surface area contributed by atoms with E-state index in [-0.39, 0.29) is 0 Å². The zero-order valence-corrected chi connectivity index (χ0v) is 12.1. The molecule has 0 aromatic heterocycles. The molecule has 0 saturated heterocycles. The fourth-order valence-electron chi connectivity index (χ4n) is 2.84. The van der Waals surface area contributed by atoms with Gasteiger partial charge in [0.2, 0.25) is 0 Å². The Morgan fingerprint density at radius 3 is 2.24 bits per heavy atom. The topological polar surface area (TPSA) is 37.3 Å². The van der Waals surface area contributed by atoms with Gasteiger partial charge >= 0.3 is 5.97 Å². The SMILES string of the molecule is Cc1c(C(=O)O)cccc1-c1ccc(C)c2ccccc12. The standard InChI is InChI=1S/C19H16O2/c1-12-10-11-18(17-7-4-3-6-14(12)17)15-8-5-9-16(13(15)2)19(20)21/h3-11H,1-2H3,(H,20,21). The smallest absolute Gasteiger partial charge is 0.335 e. The molecular formula is C19H16O2. The van der Waals surface area contributed by atoms with Crippen LogP contribution in [0.1, 0.15) is 21.5 Å². The highest BCUT2D eigenvalue weighted by Crippen LogP contribution is 2.33. The Labute approximate surface area is 123 Å². The van der Waals surface area contributed by atoms with E-state index < -0.39 is 5.97 Å². The number of carboxylic acids is 1. The average molecular weight is 276 g/mol. The molecule has 0 saturated carbocycles. The molecule has 104 valence electrons. The molecule has 2 heteroatoms. The van der Waals surface area contributed by atoms with Crippen LogP contribution in [0.15, 0.2) is 54.6 Å². The van der Waals surface area contributed by atoms with Crippen molar-refractivity contribution in [3.63, 3.8) is 0 Å². The van der Waals surface area contributed by atoms with E-state index in [0.29, 0.717) is 5.56 Å². The summed E-state index contributed by atoms with van der Waals surface area (Å²) in [6.07, 6.45) is 0. The van der Waals surface area contributed by atoms with Crippen molar-refractivity contribution < 1.29 is 9.90 Å². The third-order valence-electron chi connectivity index (χ3n) is 4.00. The fraction of sp³-hybridized carbons (Fsp3) is 0.105. The summed E-state index contributed by atoms with van der Waals surface area (Å²) in [6, 6.07) is 17.8. The van der Waals surface area contributed by atoms with Gasteiger partial charge in [-0.2, -0.15) is 0 Å². The van der Waals surface area contributed by atoms with Gasteiger partial charge in [0.15, 0.2) is 0 Å². The molecule has 0 aliphatic rings. The van der Waals surface area contributed by atoms with Crippen LogP contribution in [0.4, 0.5) is 0 Å². The first-order valence-electron chi connectivity index (χ1n) is 6.91. The van der Waals surface area contributed by atoms with Crippen LogP contribution < -0.4 is 0 Å². The highest BCUT2D eigenvalue weighted by Gasteiger charge is 2.13. The first kappa shape index (κ1) is 13.4.